The molecule has 0 amide bonds. The van der Waals surface area contributed by atoms with Crippen LogP contribution in [0, 0.1) is 11.8 Å². The van der Waals surface area contributed by atoms with Crippen LogP contribution in [-0.4, -0.2) is 20.0 Å². The van der Waals surface area contributed by atoms with Gasteiger partial charge in [-0.05, 0) is 66.8 Å². The van der Waals surface area contributed by atoms with Crippen molar-refractivity contribution in [2.75, 3.05) is 14.2 Å². The zero-order chi connectivity index (χ0) is 18.0. The van der Waals surface area contributed by atoms with E-state index in [1.165, 1.54) is 0 Å². The second-order valence-corrected chi connectivity index (χ2v) is 8.06. The number of hydrogen-bond acceptors (Lipinski definition) is 3. The summed E-state index contributed by atoms with van der Waals surface area (Å²) in [6.07, 6.45) is 2.44. The maximum Gasteiger partial charge on any atom is 0.139 e. The summed E-state index contributed by atoms with van der Waals surface area (Å²) < 4.78 is 12.6. The molecule has 0 heterocycles. The molecule has 1 fully saturated rings. The highest BCUT2D eigenvalue weighted by molar-refractivity contribution is 9.10. The van der Waals surface area contributed by atoms with Crippen LogP contribution in [0.4, 0.5) is 0 Å². The van der Waals surface area contributed by atoms with Crippen molar-refractivity contribution >= 4 is 37.6 Å². The quantitative estimate of drug-likeness (QED) is 0.584. The van der Waals surface area contributed by atoms with Crippen LogP contribution in [0.5, 0.6) is 11.5 Å². The van der Waals surface area contributed by atoms with Crippen molar-refractivity contribution < 1.29 is 14.3 Å². The number of methoxy groups -OCH3 is 2. The topological polar surface area (TPSA) is 35.5 Å². The lowest BCUT2D eigenvalue weighted by atomic mass is 9.68. The van der Waals surface area contributed by atoms with E-state index in [1.54, 1.807) is 14.2 Å². The van der Waals surface area contributed by atoms with Crippen LogP contribution in [-0.2, 0) is 17.6 Å². The predicted molar refractivity (Wildman–Crippen MR) is 105 cm³/mol. The van der Waals surface area contributed by atoms with Gasteiger partial charge in [0.1, 0.15) is 17.3 Å². The summed E-state index contributed by atoms with van der Waals surface area (Å²) in [5.41, 5.74) is 2.25. The average molecular weight is 468 g/mol. The Hall–Kier alpha value is -1.33. The van der Waals surface area contributed by atoms with Crippen LogP contribution in [0.3, 0.4) is 0 Å². The Morgan fingerprint density at radius 1 is 0.880 bits per heavy atom. The minimum absolute atomic E-state index is 0.0952. The molecule has 1 aliphatic carbocycles. The molecule has 0 radical (unpaired) electrons. The molecular weight excluding hydrogens is 448 g/mol. The van der Waals surface area contributed by atoms with Gasteiger partial charge in [0, 0.05) is 20.8 Å². The SMILES string of the molecule is COc1ccc(Br)c(C[C@@H]2C[C@H](Cc3cc(OC)ccc3Br)C2=O)c1. The Morgan fingerprint density at radius 2 is 1.32 bits per heavy atom. The molecule has 132 valence electrons. The zero-order valence-electron chi connectivity index (χ0n) is 14.2. The van der Waals surface area contributed by atoms with Gasteiger partial charge in [0.25, 0.3) is 0 Å². The number of halogens is 2. The van der Waals surface area contributed by atoms with E-state index in [0.29, 0.717) is 5.78 Å². The van der Waals surface area contributed by atoms with E-state index in [0.717, 1.165) is 50.8 Å². The largest absolute Gasteiger partial charge is 0.497 e. The number of Topliss-reactive ketones (excluding diaryl/α,β-unsaturated/α-hetero) is 1. The summed E-state index contributed by atoms with van der Waals surface area (Å²) in [5, 5.41) is 0. The molecule has 0 bridgehead atoms. The van der Waals surface area contributed by atoms with E-state index in [-0.39, 0.29) is 11.8 Å². The number of hydrogen-bond donors (Lipinski definition) is 0. The Kier molecular flexibility index (Phi) is 5.85. The first-order valence-corrected chi connectivity index (χ1v) is 9.79. The van der Waals surface area contributed by atoms with Crippen molar-refractivity contribution in [3.8, 4) is 11.5 Å². The van der Waals surface area contributed by atoms with Crippen LogP contribution < -0.4 is 9.47 Å². The maximum atomic E-state index is 12.6. The normalized spacial score (nSPS) is 19.4. The van der Waals surface area contributed by atoms with Crippen LogP contribution >= 0.6 is 31.9 Å². The number of ketones is 1. The van der Waals surface area contributed by atoms with Crippen molar-refractivity contribution in [1.82, 2.24) is 0 Å². The molecule has 25 heavy (non-hydrogen) atoms. The minimum atomic E-state index is 0.0952. The molecular formula is C20H20Br2O3. The number of benzene rings is 2. The molecule has 2 aromatic carbocycles. The summed E-state index contributed by atoms with van der Waals surface area (Å²) in [4.78, 5) is 12.6. The predicted octanol–water partition coefficient (Wildman–Crippen LogP) is 5.22. The van der Waals surface area contributed by atoms with Crippen molar-refractivity contribution in [3.63, 3.8) is 0 Å². The van der Waals surface area contributed by atoms with Crippen molar-refractivity contribution in [3.05, 3.63) is 56.5 Å². The third-order valence-electron chi connectivity index (χ3n) is 4.81. The van der Waals surface area contributed by atoms with E-state index in [9.17, 15) is 4.79 Å². The standard InChI is InChI=1S/C20H20Br2O3/c1-24-16-3-5-18(21)12(10-16)7-14-9-15(20(14)23)8-13-11-17(25-2)4-6-19(13)22/h3-6,10-11,14-15H,7-9H2,1-2H3/t14-,15+. The Balaban J connectivity index is 1.64. The van der Waals surface area contributed by atoms with Crippen LogP contribution in [0.2, 0.25) is 0 Å². The zero-order valence-corrected chi connectivity index (χ0v) is 17.4. The van der Waals surface area contributed by atoms with Gasteiger partial charge in [0.15, 0.2) is 0 Å². The number of ether oxygens (including phenoxy) is 2. The first-order valence-electron chi connectivity index (χ1n) is 8.20. The van der Waals surface area contributed by atoms with Gasteiger partial charge in [0.05, 0.1) is 14.2 Å². The molecule has 2 aromatic rings. The third-order valence-corrected chi connectivity index (χ3v) is 6.36. The first-order chi connectivity index (χ1) is 12.0. The van der Waals surface area contributed by atoms with Gasteiger partial charge in [-0.15, -0.1) is 0 Å². The first kappa shape index (κ1) is 18.5. The van der Waals surface area contributed by atoms with E-state index in [4.69, 9.17) is 9.47 Å². The molecule has 0 N–H and O–H groups in total. The lowest BCUT2D eigenvalue weighted by molar-refractivity contribution is -0.135. The summed E-state index contributed by atoms with van der Waals surface area (Å²) in [5.74, 6) is 2.18. The molecule has 0 spiro atoms. The molecule has 1 saturated carbocycles. The summed E-state index contributed by atoms with van der Waals surface area (Å²) in [7, 11) is 3.31. The fraction of sp³-hybridized carbons (Fsp3) is 0.350. The van der Waals surface area contributed by atoms with Gasteiger partial charge in [-0.25, -0.2) is 0 Å². The molecule has 0 aromatic heterocycles. The van der Waals surface area contributed by atoms with E-state index < -0.39 is 0 Å². The highest BCUT2D eigenvalue weighted by atomic mass is 79.9. The summed E-state index contributed by atoms with van der Waals surface area (Å²) >= 11 is 7.14. The fourth-order valence-corrected chi connectivity index (χ4v) is 4.13. The maximum absolute atomic E-state index is 12.6. The van der Waals surface area contributed by atoms with Gasteiger partial charge in [0.2, 0.25) is 0 Å². The van der Waals surface area contributed by atoms with Gasteiger partial charge in [-0.3, -0.25) is 4.79 Å². The molecule has 3 nitrogen and oxygen atoms in total. The Morgan fingerprint density at radius 3 is 1.68 bits per heavy atom. The molecule has 1 aliphatic rings. The lowest BCUT2D eigenvalue weighted by Gasteiger charge is -2.34. The number of rotatable bonds is 6. The van der Waals surface area contributed by atoms with Crippen LogP contribution in [0.15, 0.2) is 45.3 Å². The van der Waals surface area contributed by atoms with Crippen molar-refractivity contribution in [2.45, 2.75) is 19.3 Å². The molecule has 5 heteroatoms. The van der Waals surface area contributed by atoms with Crippen LogP contribution in [0.1, 0.15) is 17.5 Å². The number of carbonyl (C=O) groups is 1. The minimum Gasteiger partial charge on any atom is -0.497 e. The van der Waals surface area contributed by atoms with E-state index in [2.05, 4.69) is 31.9 Å². The van der Waals surface area contributed by atoms with E-state index in [1.807, 2.05) is 36.4 Å². The van der Waals surface area contributed by atoms with Gasteiger partial charge in [-0.1, -0.05) is 31.9 Å². The smallest absolute Gasteiger partial charge is 0.139 e. The molecule has 0 saturated heterocycles. The second-order valence-electron chi connectivity index (χ2n) is 6.35. The highest BCUT2D eigenvalue weighted by Crippen LogP contribution is 2.38. The average Bonchev–Trinajstić information content (AvgIpc) is 2.63. The molecule has 2 atom stereocenters. The van der Waals surface area contributed by atoms with Gasteiger partial charge < -0.3 is 9.47 Å². The molecule has 3 rings (SSSR count). The van der Waals surface area contributed by atoms with Crippen molar-refractivity contribution in [1.29, 1.82) is 0 Å². The molecule has 0 unspecified atom stereocenters. The Bertz CT molecular complexity index is 725. The number of carbonyl (C=O) groups excluding carboxylic acids is 1. The molecule has 0 aliphatic heterocycles. The summed E-state index contributed by atoms with van der Waals surface area (Å²) in [6, 6.07) is 11.8. The third kappa shape index (κ3) is 4.09. The lowest BCUT2D eigenvalue weighted by Crippen LogP contribution is -2.39. The van der Waals surface area contributed by atoms with Crippen LogP contribution in [0.25, 0.3) is 0 Å². The second kappa shape index (κ2) is 7.92. The summed E-state index contributed by atoms with van der Waals surface area (Å²) in [6.45, 7) is 0. The monoisotopic (exact) mass is 466 g/mol. The Labute approximate surface area is 165 Å². The van der Waals surface area contributed by atoms with Crippen molar-refractivity contribution in [2.24, 2.45) is 11.8 Å². The fourth-order valence-electron chi connectivity index (χ4n) is 3.32. The van der Waals surface area contributed by atoms with Gasteiger partial charge in [-0.2, -0.15) is 0 Å². The van der Waals surface area contributed by atoms with Gasteiger partial charge >= 0.3 is 0 Å². The van der Waals surface area contributed by atoms with E-state index >= 15 is 0 Å². The highest BCUT2D eigenvalue weighted by Gasteiger charge is 2.39.